The molecule has 1 saturated heterocycles. The molecule has 114 valence electrons. The summed E-state index contributed by atoms with van der Waals surface area (Å²) in [5.74, 6) is -1.26. The standard InChI is InChI=1S/C15H19NO5/c1-10(8-21-13-6-7-20-9-13)16-14(17)11-2-4-12(5-3-11)15(18)19/h2-5,10,13H,6-9H2,1H3,(H,16,17)(H,18,19)/t10-,13+/m0/s1. The van der Waals surface area contributed by atoms with E-state index in [4.69, 9.17) is 14.6 Å². The van der Waals surface area contributed by atoms with E-state index in [1.807, 2.05) is 6.92 Å². The van der Waals surface area contributed by atoms with E-state index in [0.717, 1.165) is 13.0 Å². The van der Waals surface area contributed by atoms with Crippen LogP contribution in [0.2, 0.25) is 0 Å². The van der Waals surface area contributed by atoms with Gasteiger partial charge in [-0.15, -0.1) is 0 Å². The molecule has 0 spiro atoms. The summed E-state index contributed by atoms with van der Waals surface area (Å²) in [4.78, 5) is 22.7. The summed E-state index contributed by atoms with van der Waals surface area (Å²) >= 11 is 0. The molecule has 2 atom stereocenters. The van der Waals surface area contributed by atoms with Crippen LogP contribution in [0.25, 0.3) is 0 Å². The van der Waals surface area contributed by atoms with E-state index in [9.17, 15) is 9.59 Å². The molecule has 0 aromatic heterocycles. The largest absolute Gasteiger partial charge is 0.478 e. The zero-order valence-electron chi connectivity index (χ0n) is 11.9. The van der Waals surface area contributed by atoms with E-state index in [0.29, 0.717) is 18.8 Å². The van der Waals surface area contributed by atoms with Gasteiger partial charge in [-0.2, -0.15) is 0 Å². The normalized spacial score (nSPS) is 19.2. The van der Waals surface area contributed by atoms with Crippen LogP contribution in [-0.4, -0.2) is 48.9 Å². The Morgan fingerprint density at radius 3 is 2.62 bits per heavy atom. The Morgan fingerprint density at radius 2 is 2.05 bits per heavy atom. The lowest BCUT2D eigenvalue weighted by Gasteiger charge is -2.17. The quantitative estimate of drug-likeness (QED) is 0.826. The van der Waals surface area contributed by atoms with Gasteiger partial charge in [-0.25, -0.2) is 4.79 Å². The van der Waals surface area contributed by atoms with E-state index in [1.54, 1.807) is 0 Å². The number of amides is 1. The number of ether oxygens (including phenoxy) is 2. The number of benzene rings is 1. The molecule has 6 nitrogen and oxygen atoms in total. The third kappa shape index (κ3) is 4.54. The van der Waals surface area contributed by atoms with Crippen molar-refractivity contribution in [2.24, 2.45) is 0 Å². The molecule has 1 aromatic rings. The fraction of sp³-hybridized carbons (Fsp3) is 0.467. The summed E-state index contributed by atoms with van der Waals surface area (Å²) in [5.41, 5.74) is 0.584. The molecule has 6 heteroatoms. The Morgan fingerprint density at radius 1 is 1.38 bits per heavy atom. The van der Waals surface area contributed by atoms with Crippen LogP contribution >= 0.6 is 0 Å². The van der Waals surface area contributed by atoms with E-state index >= 15 is 0 Å². The van der Waals surface area contributed by atoms with Crippen molar-refractivity contribution in [1.29, 1.82) is 0 Å². The molecule has 0 aliphatic carbocycles. The maximum absolute atomic E-state index is 12.0. The molecule has 21 heavy (non-hydrogen) atoms. The van der Waals surface area contributed by atoms with Crippen LogP contribution in [0, 0.1) is 0 Å². The number of carbonyl (C=O) groups is 2. The summed E-state index contributed by atoms with van der Waals surface area (Å²) in [6.07, 6.45) is 0.997. The van der Waals surface area contributed by atoms with Gasteiger partial charge in [0.2, 0.25) is 0 Å². The van der Waals surface area contributed by atoms with Crippen molar-refractivity contribution < 1.29 is 24.2 Å². The first kappa shape index (κ1) is 15.5. The van der Waals surface area contributed by atoms with Crippen LogP contribution in [0.4, 0.5) is 0 Å². The molecular formula is C15H19NO5. The SMILES string of the molecule is C[C@@H](CO[C@@H]1CCOC1)NC(=O)c1ccc(C(=O)O)cc1. The van der Waals surface area contributed by atoms with Gasteiger partial charge in [-0.05, 0) is 37.6 Å². The van der Waals surface area contributed by atoms with Gasteiger partial charge < -0.3 is 19.9 Å². The molecule has 0 unspecified atom stereocenters. The fourth-order valence-electron chi connectivity index (χ4n) is 2.04. The summed E-state index contributed by atoms with van der Waals surface area (Å²) in [6.45, 7) is 3.62. The highest BCUT2D eigenvalue weighted by molar-refractivity contribution is 5.96. The van der Waals surface area contributed by atoms with Crippen molar-refractivity contribution in [2.45, 2.75) is 25.5 Å². The Hall–Kier alpha value is -1.92. The number of hydrogen-bond acceptors (Lipinski definition) is 4. The van der Waals surface area contributed by atoms with Crippen LogP contribution < -0.4 is 5.32 Å². The van der Waals surface area contributed by atoms with Crippen molar-refractivity contribution >= 4 is 11.9 Å². The van der Waals surface area contributed by atoms with Gasteiger partial charge in [0, 0.05) is 18.2 Å². The van der Waals surface area contributed by atoms with Gasteiger partial charge in [0.05, 0.1) is 24.9 Å². The van der Waals surface area contributed by atoms with Crippen molar-refractivity contribution in [3.8, 4) is 0 Å². The summed E-state index contributed by atoms with van der Waals surface area (Å²) in [7, 11) is 0. The highest BCUT2D eigenvalue weighted by Crippen LogP contribution is 2.09. The van der Waals surface area contributed by atoms with Gasteiger partial charge in [0.15, 0.2) is 0 Å². The zero-order valence-corrected chi connectivity index (χ0v) is 11.9. The third-order valence-electron chi connectivity index (χ3n) is 3.24. The zero-order chi connectivity index (χ0) is 15.2. The van der Waals surface area contributed by atoms with Crippen LogP contribution in [0.3, 0.4) is 0 Å². The van der Waals surface area contributed by atoms with Crippen molar-refractivity contribution in [2.75, 3.05) is 19.8 Å². The van der Waals surface area contributed by atoms with Gasteiger partial charge in [0.1, 0.15) is 0 Å². The van der Waals surface area contributed by atoms with E-state index in [2.05, 4.69) is 5.32 Å². The van der Waals surface area contributed by atoms with Crippen LogP contribution in [-0.2, 0) is 9.47 Å². The van der Waals surface area contributed by atoms with E-state index in [1.165, 1.54) is 24.3 Å². The first-order valence-corrected chi connectivity index (χ1v) is 6.90. The molecular weight excluding hydrogens is 274 g/mol. The highest BCUT2D eigenvalue weighted by Gasteiger charge is 2.18. The van der Waals surface area contributed by atoms with Crippen molar-refractivity contribution in [1.82, 2.24) is 5.32 Å². The average molecular weight is 293 g/mol. The number of carboxylic acids is 1. The lowest BCUT2D eigenvalue weighted by Crippen LogP contribution is -2.37. The monoisotopic (exact) mass is 293 g/mol. The molecule has 2 rings (SSSR count). The van der Waals surface area contributed by atoms with Gasteiger partial charge >= 0.3 is 5.97 Å². The molecule has 1 heterocycles. The first-order chi connectivity index (χ1) is 10.1. The maximum Gasteiger partial charge on any atom is 0.335 e. The lowest BCUT2D eigenvalue weighted by molar-refractivity contribution is 0.0318. The molecule has 0 radical (unpaired) electrons. The lowest BCUT2D eigenvalue weighted by atomic mass is 10.1. The molecule has 0 saturated carbocycles. The predicted molar refractivity (Wildman–Crippen MR) is 75.5 cm³/mol. The molecule has 1 fully saturated rings. The number of nitrogens with one attached hydrogen (secondary N) is 1. The number of hydrogen-bond donors (Lipinski definition) is 2. The second-order valence-corrected chi connectivity index (χ2v) is 5.08. The summed E-state index contributed by atoms with van der Waals surface area (Å²) in [6, 6.07) is 5.69. The van der Waals surface area contributed by atoms with Crippen LogP contribution in [0.1, 0.15) is 34.1 Å². The van der Waals surface area contributed by atoms with Gasteiger partial charge in [0.25, 0.3) is 5.91 Å². The predicted octanol–water partition coefficient (Wildman–Crippen LogP) is 1.31. The second kappa shape index (κ2) is 7.19. The maximum atomic E-state index is 12.0. The van der Waals surface area contributed by atoms with E-state index in [-0.39, 0.29) is 23.6 Å². The number of carboxylic acid groups (broad SMARTS) is 1. The number of rotatable bonds is 6. The van der Waals surface area contributed by atoms with Crippen molar-refractivity contribution in [3.63, 3.8) is 0 Å². The first-order valence-electron chi connectivity index (χ1n) is 6.90. The second-order valence-electron chi connectivity index (χ2n) is 5.08. The Labute approximate surface area is 123 Å². The number of aromatic carboxylic acids is 1. The minimum atomic E-state index is -1.01. The highest BCUT2D eigenvalue weighted by atomic mass is 16.5. The summed E-state index contributed by atoms with van der Waals surface area (Å²) < 4.78 is 10.8. The average Bonchev–Trinajstić information content (AvgIpc) is 2.98. The molecule has 1 aliphatic rings. The molecule has 0 bridgehead atoms. The molecule has 1 aromatic carbocycles. The van der Waals surface area contributed by atoms with Crippen molar-refractivity contribution in [3.05, 3.63) is 35.4 Å². The topological polar surface area (TPSA) is 84.9 Å². The van der Waals surface area contributed by atoms with Crippen LogP contribution in [0.15, 0.2) is 24.3 Å². The third-order valence-corrected chi connectivity index (χ3v) is 3.24. The van der Waals surface area contributed by atoms with Crippen LogP contribution in [0.5, 0.6) is 0 Å². The molecule has 1 amide bonds. The molecule has 2 N–H and O–H groups in total. The smallest absolute Gasteiger partial charge is 0.335 e. The minimum absolute atomic E-state index is 0.110. The Kier molecular flexibility index (Phi) is 5.30. The Bertz CT molecular complexity index is 493. The number of carbonyl (C=O) groups excluding carboxylic acids is 1. The summed E-state index contributed by atoms with van der Waals surface area (Å²) in [5, 5.41) is 11.6. The minimum Gasteiger partial charge on any atom is -0.478 e. The molecule has 1 aliphatic heterocycles. The Balaban J connectivity index is 1.80. The van der Waals surface area contributed by atoms with Gasteiger partial charge in [-0.3, -0.25) is 4.79 Å². The van der Waals surface area contributed by atoms with E-state index < -0.39 is 5.97 Å². The van der Waals surface area contributed by atoms with Gasteiger partial charge in [-0.1, -0.05) is 0 Å². The fourth-order valence-corrected chi connectivity index (χ4v) is 2.04.